The van der Waals surface area contributed by atoms with Gasteiger partial charge in [-0.2, -0.15) is 0 Å². The highest BCUT2D eigenvalue weighted by Crippen LogP contribution is 2.38. The number of aromatic amines is 1. The minimum absolute atomic E-state index is 0.0378. The summed E-state index contributed by atoms with van der Waals surface area (Å²) in [5, 5.41) is 12.0. The predicted molar refractivity (Wildman–Crippen MR) is 105 cm³/mol. The van der Waals surface area contributed by atoms with Crippen LogP contribution in [-0.2, 0) is 16.1 Å². The van der Waals surface area contributed by atoms with E-state index in [0.717, 1.165) is 6.08 Å². The number of nitrogens with zero attached hydrogens (tertiary/aromatic N) is 2. The van der Waals surface area contributed by atoms with Crippen LogP contribution < -0.4 is 15.0 Å². The van der Waals surface area contributed by atoms with E-state index in [9.17, 15) is 19.7 Å². The van der Waals surface area contributed by atoms with Gasteiger partial charge in [-0.1, -0.05) is 11.6 Å². The Morgan fingerprint density at radius 2 is 2.07 bits per heavy atom. The number of ether oxygens (including phenoxy) is 3. The van der Waals surface area contributed by atoms with E-state index < -0.39 is 16.5 Å². The molecule has 0 spiro atoms. The lowest BCUT2D eigenvalue weighted by atomic mass is 10.1. The first-order valence-electron chi connectivity index (χ1n) is 8.52. The van der Waals surface area contributed by atoms with E-state index in [1.54, 1.807) is 12.1 Å². The maximum absolute atomic E-state index is 12.1. The molecule has 1 aliphatic heterocycles. The molecular weight excluding hydrogens is 418 g/mol. The molecule has 1 aliphatic rings. The quantitative estimate of drug-likeness (QED) is 0.283. The third kappa shape index (κ3) is 3.94. The highest BCUT2D eigenvalue weighted by molar-refractivity contribution is 6.31. The zero-order chi connectivity index (χ0) is 21.3. The molecule has 0 amide bonds. The van der Waals surface area contributed by atoms with E-state index in [0.29, 0.717) is 21.7 Å². The summed E-state index contributed by atoms with van der Waals surface area (Å²) in [6, 6.07) is 7.26. The van der Waals surface area contributed by atoms with Crippen LogP contribution in [0.25, 0.3) is 17.0 Å². The van der Waals surface area contributed by atoms with Crippen LogP contribution >= 0.6 is 11.6 Å². The zero-order valence-corrected chi connectivity index (χ0v) is 15.8. The van der Waals surface area contributed by atoms with Crippen molar-refractivity contribution in [3.05, 3.63) is 73.3 Å². The molecule has 1 N–H and O–H groups in total. The molecule has 2 aromatic carbocycles. The van der Waals surface area contributed by atoms with Crippen molar-refractivity contribution in [3.63, 3.8) is 0 Å². The molecule has 30 heavy (non-hydrogen) atoms. The number of rotatable bonds is 5. The SMILES string of the molecule is O=C(/C=C/c1cc2c(cc1[N+](=O)[O-])OCO2)OCc1nc2cc(Cl)ccc2c(=O)[nH]1. The maximum Gasteiger partial charge on any atom is 0.331 e. The molecule has 3 aromatic rings. The van der Waals surface area contributed by atoms with Crippen molar-refractivity contribution in [2.75, 3.05) is 6.79 Å². The van der Waals surface area contributed by atoms with Crippen molar-refractivity contribution in [1.29, 1.82) is 0 Å². The summed E-state index contributed by atoms with van der Waals surface area (Å²) >= 11 is 5.91. The number of H-pyrrole nitrogens is 1. The number of carbonyl (C=O) groups is 1. The van der Waals surface area contributed by atoms with Gasteiger partial charge in [-0.25, -0.2) is 9.78 Å². The average Bonchev–Trinajstić information content (AvgIpc) is 3.17. The number of hydrogen-bond acceptors (Lipinski definition) is 8. The summed E-state index contributed by atoms with van der Waals surface area (Å²) in [6.45, 7) is -0.339. The molecule has 2 heterocycles. The molecule has 0 unspecified atom stereocenters. The molecular formula is C19H12ClN3O7. The third-order valence-electron chi connectivity index (χ3n) is 4.19. The summed E-state index contributed by atoms with van der Waals surface area (Å²) in [5.74, 6) is -0.0561. The number of fused-ring (bicyclic) bond motifs is 2. The minimum Gasteiger partial charge on any atom is -0.454 e. The molecule has 10 nitrogen and oxygen atoms in total. The number of carbonyl (C=O) groups excluding carboxylic acids is 1. The van der Waals surface area contributed by atoms with Crippen molar-refractivity contribution in [2.24, 2.45) is 0 Å². The number of halogens is 1. The fraction of sp³-hybridized carbons (Fsp3) is 0.105. The Labute approximate surface area is 172 Å². The van der Waals surface area contributed by atoms with Crippen LogP contribution in [0.3, 0.4) is 0 Å². The van der Waals surface area contributed by atoms with E-state index in [1.807, 2.05) is 0 Å². The zero-order valence-electron chi connectivity index (χ0n) is 15.1. The first kappa shape index (κ1) is 19.4. The maximum atomic E-state index is 12.1. The number of nitro groups is 1. The molecule has 11 heteroatoms. The molecule has 0 bridgehead atoms. The number of benzene rings is 2. The minimum atomic E-state index is -0.782. The lowest BCUT2D eigenvalue weighted by Crippen LogP contribution is -2.13. The fourth-order valence-electron chi connectivity index (χ4n) is 2.81. The number of nitrogens with one attached hydrogen (secondary N) is 1. The average molecular weight is 430 g/mol. The second kappa shape index (κ2) is 7.84. The van der Waals surface area contributed by atoms with Gasteiger partial charge in [0.25, 0.3) is 11.2 Å². The molecule has 152 valence electrons. The molecule has 0 saturated heterocycles. The monoisotopic (exact) mass is 429 g/mol. The Morgan fingerprint density at radius 1 is 1.30 bits per heavy atom. The predicted octanol–water partition coefficient (Wildman–Crippen LogP) is 2.97. The van der Waals surface area contributed by atoms with Gasteiger partial charge < -0.3 is 19.2 Å². The number of hydrogen-bond donors (Lipinski definition) is 1. The molecule has 0 atom stereocenters. The fourth-order valence-corrected chi connectivity index (χ4v) is 2.98. The molecule has 4 rings (SSSR count). The third-order valence-corrected chi connectivity index (χ3v) is 4.42. The van der Waals surface area contributed by atoms with Crippen LogP contribution in [0.5, 0.6) is 11.5 Å². The molecule has 1 aromatic heterocycles. The number of esters is 1. The lowest BCUT2D eigenvalue weighted by Gasteiger charge is -2.04. The number of aromatic nitrogens is 2. The first-order chi connectivity index (χ1) is 14.4. The van der Waals surface area contributed by atoms with Gasteiger partial charge in [-0.15, -0.1) is 0 Å². The Hall–Kier alpha value is -3.92. The van der Waals surface area contributed by atoms with Gasteiger partial charge in [-0.3, -0.25) is 14.9 Å². The van der Waals surface area contributed by atoms with Crippen LogP contribution in [0.15, 0.2) is 41.2 Å². The normalized spacial score (nSPS) is 12.4. The van der Waals surface area contributed by atoms with Gasteiger partial charge >= 0.3 is 5.97 Å². The number of nitro benzene ring substituents is 1. The molecule has 0 fully saturated rings. The smallest absolute Gasteiger partial charge is 0.331 e. The highest BCUT2D eigenvalue weighted by atomic mass is 35.5. The summed E-state index contributed by atoms with van der Waals surface area (Å²) < 4.78 is 15.4. The Balaban J connectivity index is 1.49. The molecule has 0 saturated carbocycles. The second-order valence-electron chi connectivity index (χ2n) is 6.14. The molecule has 0 radical (unpaired) electrons. The Morgan fingerprint density at radius 3 is 2.83 bits per heavy atom. The summed E-state index contributed by atoms with van der Waals surface area (Å²) in [6.07, 6.45) is 2.26. The van der Waals surface area contributed by atoms with Crippen molar-refractivity contribution < 1.29 is 23.9 Å². The van der Waals surface area contributed by atoms with Crippen molar-refractivity contribution in [1.82, 2.24) is 9.97 Å². The lowest BCUT2D eigenvalue weighted by molar-refractivity contribution is -0.385. The van der Waals surface area contributed by atoms with Crippen LogP contribution in [0.2, 0.25) is 5.02 Å². The Bertz CT molecular complexity index is 1270. The van der Waals surface area contributed by atoms with E-state index >= 15 is 0 Å². The van der Waals surface area contributed by atoms with Crippen LogP contribution in [-0.4, -0.2) is 27.7 Å². The van der Waals surface area contributed by atoms with E-state index in [-0.39, 0.29) is 36.2 Å². The van der Waals surface area contributed by atoms with Gasteiger partial charge in [0.2, 0.25) is 6.79 Å². The topological polar surface area (TPSA) is 134 Å². The van der Waals surface area contributed by atoms with E-state index in [4.69, 9.17) is 25.8 Å². The van der Waals surface area contributed by atoms with Crippen LogP contribution in [0, 0.1) is 10.1 Å². The van der Waals surface area contributed by atoms with Crippen molar-refractivity contribution in [3.8, 4) is 11.5 Å². The van der Waals surface area contributed by atoms with Gasteiger partial charge in [0.1, 0.15) is 12.4 Å². The highest BCUT2D eigenvalue weighted by Gasteiger charge is 2.22. The van der Waals surface area contributed by atoms with Gasteiger partial charge in [0.15, 0.2) is 11.5 Å². The second-order valence-corrected chi connectivity index (χ2v) is 6.57. The van der Waals surface area contributed by atoms with E-state index in [1.165, 1.54) is 24.3 Å². The largest absolute Gasteiger partial charge is 0.454 e. The van der Waals surface area contributed by atoms with Crippen molar-refractivity contribution >= 4 is 40.2 Å². The first-order valence-corrected chi connectivity index (χ1v) is 8.90. The summed E-state index contributed by atoms with van der Waals surface area (Å²) in [7, 11) is 0. The van der Waals surface area contributed by atoms with E-state index in [2.05, 4.69) is 9.97 Å². The summed E-state index contributed by atoms with van der Waals surface area (Å²) in [5.41, 5.74) is -0.133. The standard InChI is InChI=1S/C19H12ClN3O7/c20-11-2-3-12-13(6-11)21-17(22-19(12)25)8-28-18(24)4-1-10-5-15-16(30-9-29-15)7-14(10)23(26)27/h1-7H,8-9H2,(H,21,22,25)/b4-1+. The molecule has 0 aliphatic carbocycles. The van der Waals surface area contributed by atoms with Gasteiger partial charge in [0.05, 0.1) is 27.5 Å². The van der Waals surface area contributed by atoms with Crippen molar-refractivity contribution in [2.45, 2.75) is 6.61 Å². The van der Waals surface area contributed by atoms with Gasteiger partial charge in [-0.05, 0) is 30.3 Å². The van der Waals surface area contributed by atoms with Crippen LogP contribution in [0.4, 0.5) is 5.69 Å². The summed E-state index contributed by atoms with van der Waals surface area (Å²) in [4.78, 5) is 41.5. The Kier molecular flexibility index (Phi) is 5.07. The van der Waals surface area contributed by atoms with Crippen LogP contribution in [0.1, 0.15) is 11.4 Å². The van der Waals surface area contributed by atoms with Gasteiger partial charge in [0, 0.05) is 11.1 Å².